The minimum atomic E-state index is -0.424. The summed E-state index contributed by atoms with van der Waals surface area (Å²) in [4.78, 5) is 22.1. The Morgan fingerprint density at radius 3 is 2.88 bits per heavy atom. The van der Waals surface area contributed by atoms with E-state index in [2.05, 4.69) is 19.9 Å². The van der Waals surface area contributed by atoms with Gasteiger partial charge in [0.15, 0.2) is 0 Å². The molecule has 2 rings (SSSR count). The summed E-state index contributed by atoms with van der Waals surface area (Å²) < 4.78 is 11.2. The average Bonchev–Trinajstić information content (AvgIpc) is 2.60. The highest BCUT2D eigenvalue weighted by molar-refractivity contribution is 8.00. The first-order chi connectivity index (χ1) is 12.4. The molecule has 0 bridgehead atoms. The fraction of sp³-hybridized carbons (Fsp3) is 0.562. The maximum atomic E-state index is 11.1. The Bertz CT molecular complexity index is 765. The third-order valence-electron chi connectivity index (χ3n) is 4.19. The van der Waals surface area contributed by atoms with Crippen LogP contribution in [0.4, 0.5) is 5.82 Å². The van der Waals surface area contributed by atoms with E-state index in [1.165, 1.54) is 24.9 Å². The molecule has 1 aromatic heterocycles. The second kappa shape index (κ2) is 9.10. The summed E-state index contributed by atoms with van der Waals surface area (Å²) in [5.41, 5.74) is 8.50. The van der Waals surface area contributed by atoms with Crippen molar-refractivity contribution < 1.29 is 14.3 Å². The lowest BCUT2D eigenvalue weighted by molar-refractivity contribution is -0.153. The summed E-state index contributed by atoms with van der Waals surface area (Å²) in [6.07, 6.45) is 0.991. The van der Waals surface area contributed by atoms with Crippen LogP contribution in [0.3, 0.4) is 0 Å². The number of esters is 1. The van der Waals surface area contributed by atoms with E-state index in [-0.39, 0.29) is 30.3 Å². The summed E-state index contributed by atoms with van der Waals surface area (Å²) in [5.74, 6) is -0.434. The Morgan fingerprint density at radius 2 is 2.27 bits per heavy atom. The Morgan fingerprint density at radius 1 is 1.54 bits per heavy atom. The minimum Gasteiger partial charge on any atom is -0.463 e. The maximum absolute atomic E-state index is 11.1. The van der Waals surface area contributed by atoms with Gasteiger partial charge in [-0.15, -0.1) is 16.7 Å². The zero-order chi connectivity index (χ0) is 19.3. The zero-order valence-electron chi connectivity index (χ0n) is 14.5. The fourth-order valence-corrected chi connectivity index (χ4v) is 4.23. The predicted molar refractivity (Wildman–Crippen MR) is 97.9 cm³/mol. The average molecular weight is 396 g/mol. The molecular weight excluding hydrogens is 378 g/mol. The molecule has 0 N–H and O–H groups in total. The molecule has 138 valence electrons. The quantitative estimate of drug-likeness (QED) is 0.238. The van der Waals surface area contributed by atoms with Crippen LogP contribution >= 0.6 is 23.4 Å². The molecule has 0 radical (unpaired) electrons. The van der Waals surface area contributed by atoms with Gasteiger partial charge in [0, 0.05) is 28.7 Å². The Hall–Kier alpha value is -1.98. The summed E-state index contributed by atoms with van der Waals surface area (Å²) in [5, 5.41) is 4.34. The highest BCUT2D eigenvalue weighted by atomic mass is 35.5. The first kappa shape index (κ1) is 20.3. The monoisotopic (exact) mass is 395 g/mol. The molecule has 1 fully saturated rings. The molecule has 1 saturated heterocycles. The number of ether oxygens (including phenoxy) is 2. The van der Waals surface area contributed by atoms with Gasteiger partial charge < -0.3 is 14.3 Å². The highest BCUT2D eigenvalue weighted by Gasteiger charge is 2.42. The first-order valence-corrected chi connectivity index (χ1v) is 9.15. The summed E-state index contributed by atoms with van der Waals surface area (Å²) in [6.45, 7) is 12.5. The van der Waals surface area contributed by atoms with Crippen molar-refractivity contribution in [2.24, 2.45) is 17.0 Å². The molecular formula is C16H18ClN5O3S. The normalized spacial score (nSPS) is 27.9. The molecule has 26 heavy (non-hydrogen) atoms. The minimum absolute atomic E-state index is 0.0706. The van der Waals surface area contributed by atoms with E-state index in [0.717, 1.165) is 0 Å². The third kappa shape index (κ3) is 4.80. The van der Waals surface area contributed by atoms with E-state index in [1.54, 1.807) is 6.07 Å². The smallest absolute Gasteiger partial charge is 0.302 e. The van der Waals surface area contributed by atoms with Crippen molar-refractivity contribution in [3.8, 4) is 0 Å². The van der Waals surface area contributed by atoms with Crippen molar-refractivity contribution in [2.75, 3.05) is 6.61 Å². The Balaban J connectivity index is 2.28. The molecule has 1 aromatic rings. The molecule has 0 aromatic carbocycles. The number of thioether (sulfide) groups is 1. The lowest BCUT2D eigenvalue weighted by Crippen LogP contribution is -2.48. The fourth-order valence-electron chi connectivity index (χ4n) is 2.78. The predicted octanol–water partition coefficient (Wildman–Crippen LogP) is 4.62. The van der Waals surface area contributed by atoms with Crippen molar-refractivity contribution >= 4 is 35.1 Å². The molecule has 1 aliphatic rings. The van der Waals surface area contributed by atoms with Crippen LogP contribution in [0, 0.1) is 18.4 Å². The van der Waals surface area contributed by atoms with Gasteiger partial charge in [-0.1, -0.05) is 37.1 Å². The van der Waals surface area contributed by atoms with Gasteiger partial charge >= 0.3 is 5.97 Å². The van der Waals surface area contributed by atoms with E-state index in [0.29, 0.717) is 9.92 Å². The number of rotatable bonds is 5. The number of aromatic nitrogens is 1. The van der Waals surface area contributed by atoms with Gasteiger partial charge in [-0.05, 0) is 17.5 Å². The zero-order valence-corrected chi connectivity index (χ0v) is 16.1. The van der Waals surface area contributed by atoms with Gasteiger partial charge in [0.1, 0.15) is 18.2 Å². The standard InChI is InChI=1S/C16H18ClN5O3S/c1-8-12(7-24-10(3)23)25-16(9(2)14(8)21-22-18)26-13-5-11(17)6-20-15(13)19-4/h5-6,8-9,12,14,16H,7H2,1-3H3/t8-,9?,12?,14-,16+/m0/s1. The number of halogens is 1. The van der Waals surface area contributed by atoms with Gasteiger partial charge in [-0.25, -0.2) is 0 Å². The van der Waals surface area contributed by atoms with Crippen LogP contribution in [0.15, 0.2) is 22.3 Å². The van der Waals surface area contributed by atoms with Gasteiger partial charge in [0.05, 0.1) is 11.1 Å². The van der Waals surface area contributed by atoms with Crippen LogP contribution < -0.4 is 0 Å². The van der Waals surface area contributed by atoms with Crippen LogP contribution in [0.25, 0.3) is 15.3 Å². The van der Waals surface area contributed by atoms with E-state index in [1.807, 2.05) is 13.8 Å². The largest absolute Gasteiger partial charge is 0.463 e. The van der Waals surface area contributed by atoms with E-state index >= 15 is 0 Å². The first-order valence-electron chi connectivity index (χ1n) is 7.90. The molecule has 8 nitrogen and oxygen atoms in total. The van der Waals surface area contributed by atoms with Crippen LogP contribution in [-0.4, -0.2) is 35.1 Å². The molecule has 0 saturated carbocycles. The number of nitrogens with zero attached hydrogens (tertiary/aromatic N) is 5. The van der Waals surface area contributed by atoms with E-state index in [4.69, 9.17) is 33.2 Å². The highest BCUT2D eigenvalue weighted by Crippen LogP contribution is 2.43. The topological polar surface area (TPSA) is 102 Å². The van der Waals surface area contributed by atoms with Gasteiger partial charge in [-0.3, -0.25) is 4.79 Å². The molecule has 2 heterocycles. The number of azide groups is 1. The second-order valence-electron chi connectivity index (χ2n) is 5.96. The number of hydrogen-bond donors (Lipinski definition) is 0. The van der Waals surface area contributed by atoms with Crippen molar-refractivity contribution in [3.05, 3.63) is 39.1 Å². The van der Waals surface area contributed by atoms with Gasteiger partial charge in [0.25, 0.3) is 5.82 Å². The van der Waals surface area contributed by atoms with Crippen molar-refractivity contribution in [2.45, 2.75) is 43.2 Å². The lowest BCUT2D eigenvalue weighted by atomic mass is 9.85. The van der Waals surface area contributed by atoms with Crippen LogP contribution in [-0.2, 0) is 14.3 Å². The molecule has 0 amide bonds. The number of carbonyl (C=O) groups is 1. The number of hydrogen-bond acceptors (Lipinski definition) is 6. The maximum Gasteiger partial charge on any atom is 0.302 e. The molecule has 0 aliphatic carbocycles. The van der Waals surface area contributed by atoms with Gasteiger partial charge in [-0.2, -0.15) is 0 Å². The van der Waals surface area contributed by atoms with E-state index in [9.17, 15) is 4.79 Å². The summed E-state index contributed by atoms with van der Waals surface area (Å²) >= 11 is 7.30. The van der Waals surface area contributed by atoms with Crippen LogP contribution in [0.2, 0.25) is 5.02 Å². The van der Waals surface area contributed by atoms with E-state index < -0.39 is 17.5 Å². The molecule has 2 unspecified atom stereocenters. The van der Waals surface area contributed by atoms with Crippen LogP contribution in [0.1, 0.15) is 20.8 Å². The van der Waals surface area contributed by atoms with Crippen molar-refractivity contribution in [1.82, 2.24) is 4.98 Å². The van der Waals surface area contributed by atoms with Crippen molar-refractivity contribution in [3.63, 3.8) is 0 Å². The number of carbonyl (C=O) groups excluding carboxylic acids is 1. The SMILES string of the molecule is [C-]#[N+]c1ncc(Cl)cc1S[C@H]1OC(COC(C)=O)[C@H](C)[C@H](N=[N+]=[N-])C1C. The molecule has 5 atom stereocenters. The third-order valence-corrected chi connectivity index (χ3v) is 5.72. The number of pyridine rings is 1. The van der Waals surface area contributed by atoms with Crippen molar-refractivity contribution in [1.29, 1.82) is 0 Å². The van der Waals surface area contributed by atoms with Crippen LogP contribution in [0.5, 0.6) is 0 Å². The summed E-state index contributed by atoms with van der Waals surface area (Å²) in [6, 6.07) is 1.32. The summed E-state index contributed by atoms with van der Waals surface area (Å²) in [7, 11) is 0. The lowest BCUT2D eigenvalue weighted by Gasteiger charge is -2.42. The second-order valence-corrected chi connectivity index (χ2v) is 7.54. The molecule has 1 aliphatic heterocycles. The van der Waals surface area contributed by atoms with Gasteiger partial charge in [0.2, 0.25) is 0 Å². The molecule has 10 heteroatoms. The Labute approximate surface area is 160 Å². The molecule has 0 spiro atoms. The Kier molecular flexibility index (Phi) is 7.12.